The van der Waals surface area contributed by atoms with Crippen molar-refractivity contribution in [1.29, 1.82) is 0 Å². The van der Waals surface area contributed by atoms with E-state index in [1.165, 1.54) is 11.3 Å². The molecule has 2 rings (SSSR count). The Balaban J connectivity index is 1.89. The van der Waals surface area contributed by atoms with Gasteiger partial charge in [-0.1, -0.05) is 18.2 Å². The number of rotatable bonds is 5. The molecule has 1 amide bonds. The Hall–Kier alpha value is -1.88. The first-order chi connectivity index (χ1) is 8.79. The van der Waals surface area contributed by atoms with Gasteiger partial charge >= 0.3 is 0 Å². The predicted molar refractivity (Wildman–Crippen MR) is 70.7 cm³/mol. The van der Waals surface area contributed by atoms with Crippen molar-refractivity contribution < 1.29 is 9.53 Å². The first-order valence-electron chi connectivity index (χ1n) is 5.55. The number of amides is 1. The minimum atomic E-state index is -0.0354. The molecule has 0 atom stereocenters. The maximum atomic E-state index is 11.7. The van der Waals surface area contributed by atoms with Crippen LogP contribution in [-0.4, -0.2) is 18.0 Å². The number of hydrogen-bond donors (Lipinski definition) is 1. The number of carbonyl (C=O) groups excluding carboxylic acids is 1. The quantitative estimate of drug-likeness (QED) is 0.896. The molecule has 0 unspecified atom stereocenters. The Kier molecular flexibility index (Phi) is 4.30. The normalized spacial score (nSPS) is 10.1. The van der Waals surface area contributed by atoms with Gasteiger partial charge in [0.25, 0.3) is 0 Å². The van der Waals surface area contributed by atoms with E-state index < -0.39 is 0 Å². The monoisotopic (exact) mass is 262 g/mol. The van der Waals surface area contributed by atoms with E-state index in [0.717, 1.165) is 17.0 Å². The van der Waals surface area contributed by atoms with E-state index in [1.54, 1.807) is 12.6 Å². The number of methoxy groups -OCH3 is 1. The van der Waals surface area contributed by atoms with E-state index in [2.05, 4.69) is 10.3 Å². The summed E-state index contributed by atoms with van der Waals surface area (Å²) in [5.74, 6) is 0.748. The largest absolute Gasteiger partial charge is 0.496 e. The van der Waals surface area contributed by atoms with Crippen molar-refractivity contribution in [3.05, 3.63) is 46.4 Å². The van der Waals surface area contributed by atoms with Crippen molar-refractivity contribution in [3.63, 3.8) is 0 Å². The standard InChI is InChI=1S/C13H14N2O2S/c1-17-12-5-3-2-4-10(12)7-14-13(16)6-11-8-18-9-15-11/h2-5,8-9H,6-7H2,1H3,(H,14,16). The molecule has 0 bridgehead atoms. The van der Waals surface area contributed by atoms with Crippen LogP contribution in [0.4, 0.5) is 0 Å². The molecule has 0 saturated carbocycles. The lowest BCUT2D eigenvalue weighted by Crippen LogP contribution is -2.24. The molecule has 1 aromatic carbocycles. The molecule has 0 spiro atoms. The SMILES string of the molecule is COc1ccccc1CNC(=O)Cc1cscn1. The van der Waals surface area contributed by atoms with Crippen LogP contribution in [0.1, 0.15) is 11.3 Å². The maximum Gasteiger partial charge on any atom is 0.226 e. The zero-order valence-corrected chi connectivity index (χ0v) is 10.9. The van der Waals surface area contributed by atoms with Gasteiger partial charge in [-0.2, -0.15) is 0 Å². The Morgan fingerprint density at radius 1 is 1.44 bits per heavy atom. The number of hydrogen-bond acceptors (Lipinski definition) is 4. The molecule has 2 aromatic rings. The summed E-state index contributed by atoms with van der Waals surface area (Å²) in [5, 5.41) is 4.74. The molecule has 0 radical (unpaired) electrons. The highest BCUT2D eigenvalue weighted by Crippen LogP contribution is 2.16. The van der Waals surface area contributed by atoms with Crippen LogP contribution in [0.15, 0.2) is 35.2 Å². The first kappa shape index (κ1) is 12.6. The highest BCUT2D eigenvalue weighted by molar-refractivity contribution is 7.07. The summed E-state index contributed by atoms with van der Waals surface area (Å²) in [6, 6.07) is 7.63. The molecule has 4 nitrogen and oxygen atoms in total. The summed E-state index contributed by atoms with van der Waals surface area (Å²) in [5.41, 5.74) is 3.49. The molecule has 1 N–H and O–H groups in total. The second kappa shape index (κ2) is 6.16. The fraction of sp³-hybridized carbons (Fsp3) is 0.231. The summed E-state index contributed by atoms with van der Waals surface area (Å²) in [6.45, 7) is 0.465. The zero-order valence-electron chi connectivity index (χ0n) is 10.1. The lowest BCUT2D eigenvalue weighted by Gasteiger charge is -2.08. The lowest BCUT2D eigenvalue weighted by atomic mass is 10.2. The van der Waals surface area contributed by atoms with Crippen LogP contribution in [0.2, 0.25) is 0 Å². The second-order valence-electron chi connectivity index (χ2n) is 3.75. The molecule has 5 heteroatoms. The van der Waals surface area contributed by atoms with Crippen LogP contribution in [-0.2, 0) is 17.8 Å². The van der Waals surface area contributed by atoms with Gasteiger partial charge in [0.1, 0.15) is 5.75 Å². The van der Waals surface area contributed by atoms with Gasteiger partial charge in [0.15, 0.2) is 0 Å². The average molecular weight is 262 g/mol. The Morgan fingerprint density at radius 3 is 3.00 bits per heavy atom. The van der Waals surface area contributed by atoms with Crippen molar-refractivity contribution >= 4 is 17.2 Å². The smallest absolute Gasteiger partial charge is 0.226 e. The van der Waals surface area contributed by atoms with Gasteiger partial charge in [0, 0.05) is 17.5 Å². The van der Waals surface area contributed by atoms with Gasteiger partial charge in [-0.05, 0) is 6.07 Å². The number of ether oxygens (including phenoxy) is 1. The number of nitrogens with zero attached hydrogens (tertiary/aromatic N) is 1. The molecule has 0 saturated heterocycles. The molecular weight excluding hydrogens is 248 g/mol. The van der Waals surface area contributed by atoms with E-state index in [-0.39, 0.29) is 5.91 Å². The first-order valence-corrected chi connectivity index (χ1v) is 6.49. The second-order valence-corrected chi connectivity index (χ2v) is 4.46. The fourth-order valence-corrected chi connectivity index (χ4v) is 2.15. The van der Waals surface area contributed by atoms with Crippen LogP contribution >= 0.6 is 11.3 Å². The van der Waals surface area contributed by atoms with Crippen molar-refractivity contribution in [1.82, 2.24) is 10.3 Å². The minimum Gasteiger partial charge on any atom is -0.496 e. The van der Waals surface area contributed by atoms with Gasteiger partial charge < -0.3 is 10.1 Å². The van der Waals surface area contributed by atoms with Crippen LogP contribution in [0, 0.1) is 0 Å². The number of para-hydroxylation sites is 1. The Morgan fingerprint density at radius 2 is 2.28 bits per heavy atom. The van der Waals surface area contributed by atoms with Crippen molar-refractivity contribution in [2.45, 2.75) is 13.0 Å². The zero-order chi connectivity index (χ0) is 12.8. The molecule has 1 heterocycles. The van der Waals surface area contributed by atoms with Gasteiger partial charge in [-0.25, -0.2) is 4.98 Å². The molecule has 94 valence electrons. The van der Waals surface area contributed by atoms with Crippen LogP contribution in [0.5, 0.6) is 5.75 Å². The fourth-order valence-electron chi connectivity index (χ4n) is 1.59. The summed E-state index contributed by atoms with van der Waals surface area (Å²) < 4.78 is 5.22. The molecule has 0 aliphatic carbocycles. The topological polar surface area (TPSA) is 51.2 Å². The third-order valence-electron chi connectivity index (χ3n) is 2.49. The van der Waals surface area contributed by atoms with Crippen molar-refractivity contribution in [3.8, 4) is 5.75 Å². The molecule has 0 fully saturated rings. The number of thiazole rings is 1. The number of nitrogens with one attached hydrogen (secondary N) is 1. The number of aromatic nitrogens is 1. The number of benzene rings is 1. The molecule has 1 aromatic heterocycles. The molecule has 0 aliphatic rings. The minimum absolute atomic E-state index is 0.0354. The third kappa shape index (κ3) is 3.30. The lowest BCUT2D eigenvalue weighted by molar-refractivity contribution is -0.120. The Bertz CT molecular complexity index is 511. The van der Waals surface area contributed by atoms with E-state index in [1.807, 2.05) is 29.6 Å². The van der Waals surface area contributed by atoms with E-state index in [0.29, 0.717) is 13.0 Å². The van der Waals surface area contributed by atoms with Crippen LogP contribution in [0.25, 0.3) is 0 Å². The van der Waals surface area contributed by atoms with Crippen molar-refractivity contribution in [2.75, 3.05) is 7.11 Å². The van der Waals surface area contributed by atoms with Gasteiger partial charge in [-0.15, -0.1) is 11.3 Å². The summed E-state index contributed by atoms with van der Waals surface area (Å²) in [4.78, 5) is 15.8. The van der Waals surface area contributed by atoms with Crippen molar-refractivity contribution in [2.24, 2.45) is 0 Å². The summed E-state index contributed by atoms with van der Waals surface area (Å²) in [6.07, 6.45) is 0.318. The molecule has 18 heavy (non-hydrogen) atoms. The highest BCUT2D eigenvalue weighted by atomic mass is 32.1. The van der Waals surface area contributed by atoms with Gasteiger partial charge in [0.2, 0.25) is 5.91 Å². The predicted octanol–water partition coefficient (Wildman–Crippen LogP) is 2.01. The number of carbonyl (C=O) groups is 1. The third-order valence-corrected chi connectivity index (χ3v) is 3.13. The maximum absolute atomic E-state index is 11.7. The Labute approximate surface area is 110 Å². The van der Waals surface area contributed by atoms with Crippen LogP contribution in [0.3, 0.4) is 0 Å². The van der Waals surface area contributed by atoms with E-state index >= 15 is 0 Å². The highest BCUT2D eigenvalue weighted by Gasteiger charge is 2.06. The molecule has 0 aliphatic heterocycles. The average Bonchev–Trinajstić information content (AvgIpc) is 2.89. The van der Waals surface area contributed by atoms with Gasteiger partial charge in [-0.3, -0.25) is 4.79 Å². The summed E-state index contributed by atoms with van der Waals surface area (Å²) in [7, 11) is 1.62. The molecular formula is C13H14N2O2S. The van der Waals surface area contributed by atoms with Gasteiger partial charge in [0.05, 0.1) is 24.7 Å². The van der Waals surface area contributed by atoms with E-state index in [4.69, 9.17) is 4.74 Å². The summed E-state index contributed by atoms with van der Waals surface area (Å²) >= 11 is 1.49. The van der Waals surface area contributed by atoms with E-state index in [9.17, 15) is 4.79 Å². The van der Waals surface area contributed by atoms with Crippen LogP contribution < -0.4 is 10.1 Å².